The molecule has 1 aromatic heterocycles. The van der Waals surface area contributed by atoms with E-state index in [-0.39, 0.29) is 10.7 Å². The molecule has 0 bridgehead atoms. The number of ether oxygens (including phenoxy) is 1. The first-order chi connectivity index (χ1) is 11.4. The smallest absolute Gasteiger partial charge is 0.284 e. The number of aryl methyl sites for hydroxylation is 1. The number of aromatic nitrogens is 2. The standard InChI is InChI=1S/C17H17N3O3S/c1-12-7-9-13(10-8-12)24(21,22)20-17(18)11-15(19-20)14-5-3-4-6-16(14)23-2/h3-11H,18H2,1-2H3. The van der Waals surface area contributed by atoms with E-state index in [1.165, 1.54) is 18.2 Å². The third-order valence-electron chi connectivity index (χ3n) is 3.63. The van der Waals surface area contributed by atoms with Gasteiger partial charge in [0.15, 0.2) is 0 Å². The molecule has 0 atom stereocenters. The highest BCUT2D eigenvalue weighted by molar-refractivity contribution is 7.90. The molecular weight excluding hydrogens is 326 g/mol. The minimum Gasteiger partial charge on any atom is -0.496 e. The van der Waals surface area contributed by atoms with Gasteiger partial charge in [-0.05, 0) is 31.2 Å². The average Bonchev–Trinajstić information content (AvgIpc) is 2.97. The zero-order chi connectivity index (χ0) is 17.3. The van der Waals surface area contributed by atoms with Gasteiger partial charge in [0.25, 0.3) is 10.0 Å². The topological polar surface area (TPSA) is 87.2 Å². The molecule has 3 rings (SSSR count). The van der Waals surface area contributed by atoms with Gasteiger partial charge in [0.1, 0.15) is 11.6 Å². The molecule has 2 N–H and O–H groups in total. The zero-order valence-electron chi connectivity index (χ0n) is 13.3. The molecule has 0 saturated carbocycles. The van der Waals surface area contributed by atoms with Gasteiger partial charge in [-0.3, -0.25) is 0 Å². The Morgan fingerprint density at radius 1 is 1.08 bits per heavy atom. The highest BCUT2D eigenvalue weighted by atomic mass is 32.2. The maximum atomic E-state index is 12.8. The number of rotatable bonds is 4. The van der Waals surface area contributed by atoms with Gasteiger partial charge in [0.05, 0.1) is 17.7 Å². The molecule has 0 unspecified atom stereocenters. The number of methoxy groups -OCH3 is 1. The molecule has 0 radical (unpaired) electrons. The van der Waals surface area contributed by atoms with E-state index in [9.17, 15) is 8.42 Å². The lowest BCUT2D eigenvalue weighted by Gasteiger charge is -2.07. The molecule has 0 fully saturated rings. The first-order valence-corrected chi connectivity index (χ1v) is 8.68. The summed E-state index contributed by atoms with van der Waals surface area (Å²) in [5.41, 5.74) is 7.98. The fourth-order valence-electron chi connectivity index (χ4n) is 2.37. The van der Waals surface area contributed by atoms with E-state index in [1.807, 2.05) is 19.1 Å². The third-order valence-corrected chi connectivity index (χ3v) is 5.25. The van der Waals surface area contributed by atoms with Gasteiger partial charge in [-0.1, -0.05) is 29.8 Å². The SMILES string of the molecule is COc1ccccc1-c1cc(N)n(S(=O)(=O)c2ccc(C)cc2)n1. The average molecular weight is 343 g/mol. The first kappa shape index (κ1) is 16.1. The lowest BCUT2D eigenvalue weighted by molar-refractivity contribution is 0.416. The van der Waals surface area contributed by atoms with Crippen molar-refractivity contribution in [3.8, 4) is 17.0 Å². The Morgan fingerprint density at radius 2 is 1.75 bits per heavy atom. The molecule has 24 heavy (non-hydrogen) atoms. The van der Waals surface area contributed by atoms with Gasteiger partial charge in [-0.2, -0.15) is 13.5 Å². The molecule has 0 saturated heterocycles. The highest BCUT2D eigenvalue weighted by Gasteiger charge is 2.22. The van der Waals surface area contributed by atoms with Gasteiger partial charge < -0.3 is 10.5 Å². The Labute approximate surface area is 140 Å². The summed E-state index contributed by atoms with van der Waals surface area (Å²) in [6.45, 7) is 1.89. The van der Waals surface area contributed by atoms with Crippen LogP contribution in [0.2, 0.25) is 0 Å². The second-order valence-electron chi connectivity index (χ2n) is 5.32. The zero-order valence-corrected chi connectivity index (χ0v) is 14.1. The maximum Gasteiger partial charge on any atom is 0.284 e. The lowest BCUT2D eigenvalue weighted by Crippen LogP contribution is -2.16. The van der Waals surface area contributed by atoms with Crippen LogP contribution < -0.4 is 10.5 Å². The second kappa shape index (κ2) is 6.01. The molecule has 124 valence electrons. The van der Waals surface area contributed by atoms with Crippen LogP contribution >= 0.6 is 0 Å². The molecule has 7 heteroatoms. The fraction of sp³-hybridized carbons (Fsp3) is 0.118. The van der Waals surface area contributed by atoms with E-state index >= 15 is 0 Å². The van der Waals surface area contributed by atoms with Crippen LogP contribution in [0.1, 0.15) is 5.56 Å². The number of para-hydroxylation sites is 1. The summed E-state index contributed by atoms with van der Waals surface area (Å²) in [4.78, 5) is 0.134. The molecule has 0 aliphatic carbocycles. The van der Waals surface area contributed by atoms with Crippen LogP contribution in [-0.4, -0.2) is 24.7 Å². The summed E-state index contributed by atoms with van der Waals surface area (Å²) in [7, 11) is -2.31. The van der Waals surface area contributed by atoms with E-state index in [4.69, 9.17) is 10.5 Å². The van der Waals surface area contributed by atoms with Gasteiger partial charge in [-0.15, -0.1) is 4.09 Å². The Kier molecular flexibility index (Phi) is 4.02. The predicted molar refractivity (Wildman–Crippen MR) is 92.4 cm³/mol. The largest absolute Gasteiger partial charge is 0.496 e. The van der Waals surface area contributed by atoms with Crippen LogP contribution in [0.4, 0.5) is 5.82 Å². The molecule has 0 spiro atoms. The van der Waals surface area contributed by atoms with E-state index in [0.717, 1.165) is 9.65 Å². The maximum absolute atomic E-state index is 12.8. The quantitative estimate of drug-likeness (QED) is 0.787. The van der Waals surface area contributed by atoms with Crippen LogP contribution in [0.25, 0.3) is 11.3 Å². The summed E-state index contributed by atoms with van der Waals surface area (Å²) >= 11 is 0. The molecule has 3 aromatic rings. The minimum atomic E-state index is -3.85. The van der Waals surface area contributed by atoms with E-state index in [2.05, 4.69) is 5.10 Å². The van der Waals surface area contributed by atoms with Crippen molar-refractivity contribution >= 4 is 15.8 Å². The van der Waals surface area contributed by atoms with Crippen LogP contribution in [0.15, 0.2) is 59.5 Å². The predicted octanol–water partition coefficient (Wildman–Crippen LogP) is 2.69. The summed E-state index contributed by atoms with van der Waals surface area (Å²) in [6.07, 6.45) is 0. The molecule has 1 heterocycles. The number of benzene rings is 2. The highest BCUT2D eigenvalue weighted by Crippen LogP contribution is 2.30. The van der Waals surface area contributed by atoms with Crippen LogP contribution in [-0.2, 0) is 10.0 Å². The first-order valence-electron chi connectivity index (χ1n) is 7.24. The van der Waals surface area contributed by atoms with Crippen molar-refractivity contribution < 1.29 is 13.2 Å². The van der Waals surface area contributed by atoms with E-state index < -0.39 is 10.0 Å². The fourth-order valence-corrected chi connectivity index (χ4v) is 3.58. The van der Waals surface area contributed by atoms with Crippen LogP contribution in [0.3, 0.4) is 0 Å². The summed E-state index contributed by atoms with van der Waals surface area (Å²) in [6, 6.07) is 15.3. The van der Waals surface area contributed by atoms with E-state index in [1.54, 1.807) is 31.4 Å². The third kappa shape index (κ3) is 2.74. The number of nitrogen functional groups attached to an aromatic ring is 1. The van der Waals surface area contributed by atoms with Crippen molar-refractivity contribution in [1.82, 2.24) is 9.19 Å². The van der Waals surface area contributed by atoms with Crippen LogP contribution in [0.5, 0.6) is 5.75 Å². The second-order valence-corrected chi connectivity index (χ2v) is 7.08. The van der Waals surface area contributed by atoms with Crippen molar-refractivity contribution in [2.45, 2.75) is 11.8 Å². The van der Waals surface area contributed by atoms with Crippen molar-refractivity contribution in [3.63, 3.8) is 0 Å². The minimum absolute atomic E-state index is 0.0384. The van der Waals surface area contributed by atoms with Gasteiger partial charge in [0.2, 0.25) is 0 Å². The van der Waals surface area contributed by atoms with Crippen molar-refractivity contribution in [2.24, 2.45) is 0 Å². The molecule has 2 aromatic carbocycles. The lowest BCUT2D eigenvalue weighted by atomic mass is 10.1. The molecule has 0 aliphatic rings. The number of anilines is 1. The molecule has 0 amide bonds. The normalized spacial score (nSPS) is 11.4. The summed E-state index contributed by atoms with van der Waals surface area (Å²) < 4.78 is 31.6. The number of hydrogen-bond acceptors (Lipinski definition) is 5. The Hall–Kier alpha value is -2.80. The Morgan fingerprint density at radius 3 is 2.42 bits per heavy atom. The monoisotopic (exact) mass is 343 g/mol. The Bertz CT molecular complexity index is 977. The summed E-state index contributed by atoms with van der Waals surface area (Å²) in [5.74, 6) is 0.631. The number of nitrogens with two attached hydrogens (primary N) is 1. The van der Waals surface area contributed by atoms with Crippen LogP contribution in [0, 0.1) is 6.92 Å². The van der Waals surface area contributed by atoms with Crippen molar-refractivity contribution in [1.29, 1.82) is 0 Å². The summed E-state index contributed by atoms with van der Waals surface area (Å²) in [5, 5.41) is 4.18. The molecule has 0 aliphatic heterocycles. The number of hydrogen-bond donors (Lipinski definition) is 1. The van der Waals surface area contributed by atoms with Gasteiger partial charge in [0, 0.05) is 11.6 Å². The Balaban J connectivity index is 2.11. The van der Waals surface area contributed by atoms with Gasteiger partial charge >= 0.3 is 0 Å². The van der Waals surface area contributed by atoms with E-state index in [0.29, 0.717) is 17.0 Å². The van der Waals surface area contributed by atoms with Crippen molar-refractivity contribution in [2.75, 3.05) is 12.8 Å². The van der Waals surface area contributed by atoms with Gasteiger partial charge in [-0.25, -0.2) is 0 Å². The molecular formula is C17H17N3O3S. The molecule has 6 nitrogen and oxygen atoms in total. The number of nitrogens with zero attached hydrogens (tertiary/aromatic N) is 2. The van der Waals surface area contributed by atoms with Crippen molar-refractivity contribution in [3.05, 3.63) is 60.2 Å².